The molecule has 9 heteroatoms. The first-order valence-corrected chi connectivity index (χ1v) is 11.4. The Morgan fingerprint density at radius 1 is 1.08 bits per heavy atom. The normalized spacial score (nSPS) is 11.7. The first-order chi connectivity index (χ1) is 17.2. The zero-order chi connectivity index (χ0) is 25.8. The van der Waals surface area contributed by atoms with Gasteiger partial charge in [0, 0.05) is 16.1 Å². The Morgan fingerprint density at radius 2 is 1.75 bits per heavy atom. The van der Waals surface area contributed by atoms with Crippen LogP contribution in [0.15, 0.2) is 71.3 Å². The number of aliphatic carboxylic acids is 1. The highest BCUT2D eigenvalue weighted by Crippen LogP contribution is 2.33. The lowest BCUT2D eigenvalue weighted by molar-refractivity contribution is -0.136. The predicted molar refractivity (Wildman–Crippen MR) is 133 cm³/mol. The van der Waals surface area contributed by atoms with E-state index in [1.54, 1.807) is 62.4 Å². The van der Waals surface area contributed by atoms with Crippen molar-refractivity contribution in [1.82, 2.24) is 5.16 Å². The maximum absolute atomic E-state index is 13.9. The summed E-state index contributed by atoms with van der Waals surface area (Å²) in [6, 6.07) is 18.6. The Balaban J connectivity index is 1.52. The summed E-state index contributed by atoms with van der Waals surface area (Å²) in [7, 11) is 0. The molecule has 0 saturated heterocycles. The van der Waals surface area contributed by atoms with Gasteiger partial charge in [-0.2, -0.15) is 0 Å². The van der Waals surface area contributed by atoms with Gasteiger partial charge in [0.15, 0.2) is 5.76 Å². The minimum atomic E-state index is -1.11. The highest BCUT2D eigenvalue weighted by Gasteiger charge is 2.20. The Labute approximate surface area is 211 Å². The average Bonchev–Trinajstić information content (AvgIpc) is 3.20. The molecule has 2 N–H and O–H groups in total. The van der Waals surface area contributed by atoms with Crippen molar-refractivity contribution in [3.63, 3.8) is 0 Å². The number of aromatic nitrogens is 1. The van der Waals surface area contributed by atoms with Crippen LogP contribution in [0.3, 0.4) is 0 Å². The average molecular weight is 509 g/mol. The van der Waals surface area contributed by atoms with Crippen molar-refractivity contribution in [2.75, 3.05) is 5.32 Å². The maximum atomic E-state index is 13.9. The molecule has 184 valence electrons. The molecule has 0 bridgehead atoms. The van der Waals surface area contributed by atoms with E-state index in [9.17, 15) is 14.0 Å². The fourth-order valence-electron chi connectivity index (χ4n) is 3.75. The van der Waals surface area contributed by atoms with E-state index < -0.39 is 30.4 Å². The summed E-state index contributed by atoms with van der Waals surface area (Å²) < 4.78 is 24.7. The van der Waals surface area contributed by atoms with Gasteiger partial charge in [-0.1, -0.05) is 65.3 Å². The van der Waals surface area contributed by atoms with E-state index in [1.165, 1.54) is 12.1 Å². The predicted octanol–water partition coefficient (Wildman–Crippen LogP) is 7.05. The zero-order valence-electron chi connectivity index (χ0n) is 19.4. The molecule has 1 aromatic heterocycles. The molecule has 1 heterocycles. The van der Waals surface area contributed by atoms with Crippen LogP contribution < -0.4 is 5.32 Å². The lowest BCUT2D eigenvalue weighted by Gasteiger charge is -2.15. The Hall–Kier alpha value is -4.17. The summed E-state index contributed by atoms with van der Waals surface area (Å²) in [5.74, 6) is -1.28. The summed E-state index contributed by atoms with van der Waals surface area (Å²) in [6.07, 6.45) is -1.68. The van der Waals surface area contributed by atoms with E-state index >= 15 is 0 Å². The van der Waals surface area contributed by atoms with Crippen molar-refractivity contribution in [2.24, 2.45) is 0 Å². The molecule has 36 heavy (non-hydrogen) atoms. The Kier molecular flexibility index (Phi) is 7.36. The van der Waals surface area contributed by atoms with Crippen LogP contribution in [0.4, 0.5) is 14.9 Å². The second-order valence-electron chi connectivity index (χ2n) is 8.11. The fraction of sp³-hybridized carbons (Fsp3) is 0.148. The number of carboxylic acids is 1. The molecule has 0 aliphatic heterocycles. The third-order valence-electron chi connectivity index (χ3n) is 5.60. The number of halogens is 2. The van der Waals surface area contributed by atoms with Crippen LogP contribution in [-0.4, -0.2) is 22.3 Å². The van der Waals surface area contributed by atoms with Gasteiger partial charge >= 0.3 is 12.1 Å². The molecular formula is C27H22ClFN2O5. The largest absolute Gasteiger partial charge is 0.481 e. The van der Waals surface area contributed by atoms with E-state index in [2.05, 4.69) is 10.5 Å². The number of carbonyl (C=O) groups is 2. The van der Waals surface area contributed by atoms with Crippen molar-refractivity contribution < 1.29 is 28.3 Å². The quantitative estimate of drug-likeness (QED) is 0.277. The van der Waals surface area contributed by atoms with E-state index in [1.807, 2.05) is 6.07 Å². The molecule has 0 radical (unpaired) electrons. The molecule has 1 unspecified atom stereocenters. The van der Waals surface area contributed by atoms with E-state index in [4.69, 9.17) is 26.0 Å². The molecule has 0 aliphatic carbocycles. The van der Waals surface area contributed by atoms with Crippen molar-refractivity contribution in [2.45, 2.75) is 26.4 Å². The zero-order valence-corrected chi connectivity index (χ0v) is 20.2. The van der Waals surface area contributed by atoms with Gasteiger partial charge < -0.3 is 14.4 Å². The maximum Gasteiger partial charge on any atom is 0.412 e. The number of nitrogens with one attached hydrogen (secondary N) is 1. The molecular weight excluding hydrogens is 487 g/mol. The van der Waals surface area contributed by atoms with Crippen LogP contribution in [0.5, 0.6) is 0 Å². The van der Waals surface area contributed by atoms with E-state index in [0.717, 1.165) is 5.56 Å². The molecule has 1 amide bonds. The summed E-state index contributed by atoms with van der Waals surface area (Å²) >= 11 is 6.19. The summed E-state index contributed by atoms with van der Waals surface area (Å²) in [6.45, 7) is 3.39. The first-order valence-electron chi connectivity index (χ1n) is 11.0. The third kappa shape index (κ3) is 5.55. The Morgan fingerprint density at radius 3 is 2.44 bits per heavy atom. The number of anilines is 1. The van der Waals surface area contributed by atoms with Gasteiger partial charge in [-0.25, -0.2) is 9.18 Å². The third-order valence-corrected chi connectivity index (χ3v) is 5.94. The lowest BCUT2D eigenvalue weighted by Crippen LogP contribution is -2.17. The minimum absolute atomic E-state index is 0.104. The number of ether oxygens (including phenoxy) is 1. The minimum Gasteiger partial charge on any atom is -0.481 e. The number of aryl methyl sites for hydroxylation is 1. The van der Waals surface area contributed by atoms with Gasteiger partial charge in [-0.05, 0) is 48.7 Å². The van der Waals surface area contributed by atoms with Gasteiger partial charge in [0.2, 0.25) is 0 Å². The number of carboxylic acid groups (broad SMARTS) is 1. The highest BCUT2D eigenvalue weighted by molar-refractivity contribution is 6.31. The van der Waals surface area contributed by atoms with Gasteiger partial charge in [0.25, 0.3) is 0 Å². The molecule has 0 aliphatic rings. The molecule has 0 fully saturated rings. The van der Waals surface area contributed by atoms with Crippen LogP contribution in [0.25, 0.3) is 22.4 Å². The number of benzene rings is 3. The van der Waals surface area contributed by atoms with Crippen LogP contribution >= 0.6 is 11.6 Å². The molecule has 0 spiro atoms. The smallest absolute Gasteiger partial charge is 0.412 e. The second-order valence-corrected chi connectivity index (χ2v) is 8.52. The van der Waals surface area contributed by atoms with Crippen LogP contribution in [0, 0.1) is 12.7 Å². The monoisotopic (exact) mass is 508 g/mol. The molecule has 4 aromatic rings. The molecule has 1 atom stereocenters. The number of amides is 1. The Bertz CT molecular complexity index is 1420. The highest BCUT2D eigenvalue weighted by atomic mass is 35.5. The molecule has 0 saturated carbocycles. The summed E-state index contributed by atoms with van der Waals surface area (Å²) in [5.41, 5.74) is 3.65. The number of nitrogens with zero attached hydrogens (tertiary/aromatic N) is 1. The van der Waals surface area contributed by atoms with Crippen LogP contribution in [0.1, 0.15) is 29.9 Å². The summed E-state index contributed by atoms with van der Waals surface area (Å²) in [4.78, 5) is 23.6. The first kappa shape index (κ1) is 24.9. The number of rotatable bonds is 7. The van der Waals surface area contributed by atoms with Crippen molar-refractivity contribution in [3.8, 4) is 22.4 Å². The van der Waals surface area contributed by atoms with Gasteiger partial charge in [0.1, 0.15) is 23.3 Å². The second kappa shape index (κ2) is 10.6. The van der Waals surface area contributed by atoms with Crippen molar-refractivity contribution >= 4 is 29.4 Å². The van der Waals surface area contributed by atoms with Crippen molar-refractivity contribution in [1.29, 1.82) is 0 Å². The van der Waals surface area contributed by atoms with Gasteiger partial charge in [0.05, 0.1) is 6.42 Å². The van der Waals surface area contributed by atoms with Crippen LogP contribution in [0.2, 0.25) is 5.02 Å². The van der Waals surface area contributed by atoms with E-state index in [-0.39, 0.29) is 5.56 Å². The number of carbonyl (C=O) groups excluding carboxylic acids is 1. The topological polar surface area (TPSA) is 102 Å². The fourth-order valence-corrected chi connectivity index (χ4v) is 4.04. The standard InChI is InChI=1S/C27H22ClFN2O5/c1-15(21-5-3-4-6-22(21)28)35-27(34)30-25-16(2)36-31-26(25)18-9-7-17(8-10-18)19-11-12-23(29)20(13-19)14-24(32)33/h3-13,15H,14H2,1-2H3,(H,30,34)(H,32,33). The SMILES string of the molecule is Cc1onc(-c2ccc(-c3ccc(F)c(CC(=O)O)c3)cc2)c1NC(=O)OC(C)c1ccccc1Cl. The lowest BCUT2D eigenvalue weighted by atomic mass is 9.99. The van der Waals surface area contributed by atoms with Crippen LogP contribution in [-0.2, 0) is 16.0 Å². The van der Waals surface area contributed by atoms with E-state index in [0.29, 0.717) is 38.9 Å². The molecule has 4 rings (SSSR count). The summed E-state index contributed by atoms with van der Waals surface area (Å²) in [5, 5.41) is 16.3. The molecule has 3 aromatic carbocycles. The number of hydrogen-bond donors (Lipinski definition) is 2. The molecule has 7 nitrogen and oxygen atoms in total. The van der Waals surface area contributed by atoms with Gasteiger partial charge in [-0.15, -0.1) is 0 Å². The van der Waals surface area contributed by atoms with Gasteiger partial charge in [-0.3, -0.25) is 10.1 Å². The van der Waals surface area contributed by atoms with Crippen molar-refractivity contribution in [3.05, 3.63) is 94.5 Å². The number of hydrogen-bond acceptors (Lipinski definition) is 5.